The van der Waals surface area contributed by atoms with Crippen LogP contribution in [0.5, 0.6) is 0 Å². The molecule has 0 aliphatic rings. The first-order valence-electron chi connectivity index (χ1n) is 3.91. The number of nitrogens with two attached hydrogens (primary N) is 1. The number of halogens is 3. The van der Waals surface area contributed by atoms with E-state index in [0.29, 0.717) is 6.54 Å². The van der Waals surface area contributed by atoms with Crippen molar-refractivity contribution in [1.82, 2.24) is 0 Å². The second-order valence-corrected chi connectivity index (χ2v) is 6.21. The van der Waals surface area contributed by atoms with Crippen LogP contribution in [0.2, 0.25) is 0 Å². The molecule has 7 heteroatoms. The van der Waals surface area contributed by atoms with Gasteiger partial charge in [-0.15, -0.1) is 0 Å². The number of hydrogen-bond donors (Lipinski definition) is 1. The molecule has 2 N–H and O–H groups in total. The van der Waals surface area contributed by atoms with Crippen LogP contribution in [-0.2, 0) is 14.7 Å². The molecule has 0 amide bonds. The molecule has 3 nitrogen and oxygen atoms in total. The number of rotatable bonds is 2. The van der Waals surface area contributed by atoms with E-state index in [2.05, 4.69) is 21.4 Å². The minimum absolute atomic E-state index is 0.194. The van der Waals surface area contributed by atoms with E-state index in [9.17, 15) is 4.39 Å². The fourth-order valence-corrected chi connectivity index (χ4v) is 0.818. The van der Waals surface area contributed by atoms with Crippen LogP contribution in [0, 0.1) is 5.82 Å². The summed E-state index contributed by atoms with van der Waals surface area (Å²) in [5.41, 5.74) is 6.39. The molecule has 0 saturated heterocycles. The molecule has 0 atom stereocenters. The zero-order chi connectivity index (χ0) is 11.9. The fraction of sp³-hybridized carbons (Fsp3) is 0.250. The summed E-state index contributed by atoms with van der Waals surface area (Å²) in [6.07, 6.45) is 0.820. The van der Waals surface area contributed by atoms with Gasteiger partial charge in [0, 0.05) is 21.4 Å². The van der Waals surface area contributed by atoms with E-state index in [4.69, 9.17) is 14.2 Å². The van der Waals surface area contributed by atoms with E-state index in [1.54, 1.807) is 12.1 Å². The van der Waals surface area contributed by atoms with Gasteiger partial charge < -0.3 is 5.73 Å². The van der Waals surface area contributed by atoms with Gasteiger partial charge in [-0.25, -0.2) is 4.39 Å². The van der Waals surface area contributed by atoms with Crippen LogP contribution in [-0.4, -0.2) is 15.0 Å². The minimum atomic E-state index is -3.72. The van der Waals surface area contributed by atoms with Crippen LogP contribution in [0.1, 0.15) is 5.56 Å². The Hall–Kier alpha value is -0.360. The summed E-state index contributed by atoms with van der Waals surface area (Å²) in [7, 11) is 4.81. The van der Waals surface area contributed by atoms with E-state index < -0.39 is 8.26 Å². The third kappa shape index (κ3) is 11.6. The van der Waals surface area contributed by atoms with Gasteiger partial charge in [-0.1, -0.05) is 12.1 Å². The Morgan fingerprint density at radius 3 is 1.93 bits per heavy atom. The Labute approximate surface area is 96.9 Å². The summed E-state index contributed by atoms with van der Waals surface area (Å²) in [6, 6.07) is 6.40. The van der Waals surface area contributed by atoms with E-state index in [1.807, 2.05) is 0 Å². The quantitative estimate of drug-likeness (QED) is 0.839. The van der Waals surface area contributed by atoms with Crippen molar-refractivity contribution in [1.29, 1.82) is 0 Å². The Morgan fingerprint density at radius 1 is 1.20 bits per heavy atom. The van der Waals surface area contributed by atoms with Gasteiger partial charge in [-0.2, -0.15) is 8.42 Å². The first-order chi connectivity index (χ1) is 6.83. The third-order valence-corrected chi connectivity index (χ3v) is 1.35. The van der Waals surface area contributed by atoms with Crippen LogP contribution in [0.25, 0.3) is 0 Å². The van der Waals surface area contributed by atoms with E-state index in [1.165, 1.54) is 12.1 Å². The number of benzene rings is 1. The average Bonchev–Trinajstić information content (AvgIpc) is 2.06. The second kappa shape index (κ2) is 7.00. The van der Waals surface area contributed by atoms with Gasteiger partial charge in [0.25, 0.3) is 0 Å². The maximum absolute atomic E-state index is 12.3. The summed E-state index contributed by atoms with van der Waals surface area (Å²) in [6.45, 7) is 0.617. The lowest BCUT2D eigenvalue weighted by molar-refractivity contribution is 0.621. The van der Waals surface area contributed by atoms with E-state index >= 15 is 0 Å². The fourth-order valence-electron chi connectivity index (χ4n) is 0.818. The van der Waals surface area contributed by atoms with Crippen molar-refractivity contribution in [3.8, 4) is 0 Å². The molecule has 0 unspecified atom stereocenters. The summed E-state index contributed by atoms with van der Waals surface area (Å²) in [4.78, 5) is 0. The third-order valence-electron chi connectivity index (χ3n) is 1.35. The van der Waals surface area contributed by atoms with Gasteiger partial charge in [0.1, 0.15) is 5.82 Å². The molecule has 15 heavy (non-hydrogen) atoms. The lowest BCUT2D eigenvalue weighted by atomic mass is 10.1. The molecule has 0 aliphatic heterocycles. The molecular weight excluding hydrogens is 264 g/mol. The minimum Gasteiger partial charge on any atom is -0.330 e. The first kappa shape index (κ1) is 14.6. The molecule has 0 spiro atoms. The molecule has 0 bridgehead atoms. The van der Waals surface area contributed by atoms with Crippen LogP contribution in [0.4, 0.5) is 4.39 Å². The van der Waals surface area contributed by atoms with Gasteiger partial charge in [0.05, 0.1) is 0 Å². The highest BCUT2D eigenvalue weighted by molar-refractivity contribution is 8.31. The first-order valence-corrected chi connectivity index (χ1v) is 7.05. The van der Waals surface area contributed by atoms with Crippen LogP contribution in [0.15, 0.2) is 24.3 Å². The van der Waals surface area contributed by atoms with Crippen LogP contribution >= 0.6 is 21.4 Å². The predicted molar refractivity (Wildman–Crippen MR) is 59.8 cm³/mol. The van der Waals surface area contributed by atoms with Gasteiger partial charge in [0.2, 0.25) is 0 Å². The zero-order valence-corrected chi connectivity index (χ0v) is 9.99. The Balaban J connectivity index is 0.000000336. The molecule has 0 fully saturated rings. The van der Waals surface area contributed by atoms with Crippen molar-refractivity contribution in [3.63, 3.8) is 0 Å². The largest absolute Gasteiger partial charge is 0.330 e. The molecule has 0 radical (unpaired) electrons. The summed E-state index contributed by atoms with van der Waals surface area (Å²) >= 11 is 0. The highest BCUT2D eigenvalue weighted by atomic mass is 36.0. The van der Waals surface area contributed by atoms with Crippen LogP contribution < -0.4 is 5.73 Å². The summed E-state index contributed by atoms with van der Waals surface area (Å²) < 4.78 is 30.6. The Morgan fingerprint density at radius 2 is 1.60 bits per heavy atom. The Kier molecular flexibility index (Phi) is 6.84. The lowest BCUT2D eigenvalue weighted by Gasteiger charge is -1.95. The zero-order valence-electron chi connectivity index (χ0n) is 7.66. The van der Waals surface area contributed by atoms with E-state index in [0.717, 1.165) is 12.0 Å². The molecular formula is C8H10Cl2FNO2S. The van der Waals surface area contributed by atoms with Crippen molar-refractivity contribution in [2.75, 3.05) is 6.54 Å². The van der Waals surface area contributed by atoms with E-state index in [-0.39, 0.29) is 5.82 Å². The summed E-state index contributed by atoms with van der Waals surface area (Å²) in [5.74, 6) is -0.194. The van der Waals surface area contributed by atoms with Crippen molar-refractivity contribution < 1.29 is 12.8 Å². The maximum Gasteiger partial charge on any atom is 0.317 e. The van der Waals surface area contributed by atoms with Gasteiger partial charge in [-0.05, 0) is 30.7 Å². The van der Waals surface area contributed by atoms with Crippen molar-refractivity contribution >= 4 is 29.6 Å². The SMILES string of the molecule is NCCc1ccc(F)cc1.O=S(=O)(Cl)Cl. The molecule has 0 aliphatic carbocycles. The highest BCUT2D eigenvalue weighted by Gasteiger charge is 1.90. The van der Waals surface area contributed by atoms with Gasteiger partial charge in [-0.3, -0.25) is 0 Å². The normalized spacial score (nSPS) is 10.4. The molecule has 1 aromatic rings. The predicted octanol–water partition coefficient (Wildman–Crippen LogP) is 2.04. The second-order valence-electron chi connectivity index (χ2n) is 2.54. The van der Waals surface area contributed by atoms with Gasteiger partial charge >= 0.3 is 8.26 Å². The molecule has 86 valence electrons. The average molecular weight is 274 g/mol. The van der Waals surface area contributed by atoms with Crippen molar-refractivity contribution in [2.24, 2.45) is 5.73 Å². The lowest BCUT2D eigenvalue weighted by Crippen LogP contribution is -2.02. The molecule has 1 aromatic carbocycles. The monoisotopic (exact) mass is 273 g/mol. The molecule has 0 aromatic heterocycles. The standard InChI is InChI=1S/C8H10FN.Cl2O2S/c9-8-3-1-7(2-4-8)5-6-10;1-5(2,3)4/h1-4H,5-6,10H2;. The highest BCUT2D eigenvalue weighted by Crippen LogP contribution is 2.01. The number of hydrogen-bond acceptors (Lipinski definition) is 3. The molecule has 0 heterocycles. The smallest absolute Gasteiger partial charge is 0.317 e. The Bertz CT molecular complexity index is 372. The van der Waals surface area contributed by atoms with Gasteiger partial charge in [0.15, 0.2) is 0 Å². The van der Waals surface area contributed by atoms with Crippen molar-refractivity contribution in [3.05, 3.63) is 35.6 Å². The van der Waals surface area contributed by atoms with Crippen molar-refractivity contribution in [2.45, 2.75) is 6.42 Å². The topological polar surface area (TPSA) is 60.2 Å². The molecule has 0 saturated carbocycles. The maximum atomic E-state index is 12.3. The summed E-state index contributed by atoms with van der Waals surface area (Å²) in [5, 5.41) is 0. The molecule has 1 rings (SSSR count). The van der Waals surface area contributed by atoms with Crippen LogP contribution in [0.3, 0.4) is 0 Å².